The number of hydrogen-bond acceptors (Lipinski definition) is 7. The first-order chi connectivity index (χ1) is 11.2. The molecule has 0 aromatic heterocycles. The summed E-state index contributed by atoms with van der Waals surface area (Å²) in [4.78, 5) is 4.37. The first-order valence-electron chi connectivity index (χ1n) is 8.31. The van der Waals surface area contributed by atoms with Gasteiger partial charge in [-0.2, -0.15) is 0 Å². The first kappa shape index (κ1) is 20.7. The van der Waals surface area contributed by atoms with Gasteiger partial charge in [0.25, 0.3) is 0 Å². The Hall–Kier alpha value is -1.38. The number of nitrogens with one attached hydrogen (secondary N) is 3. The van der Waals surface area contributed by atoms with Gasteiger partial charge in [0.1, 0.15) is 0 Å². The summed E-state index contributed by atoms with van der Waals surface area (Å²) in [5, 5.41) is 8.59. The Kier molecular flexibility index (Phi) is 7.92. The van der Waals surface area contributed by atoms with E-state index in [4.69, 9.17) is 0 Å². The van der Waals surface area contributed by atoms with Crippen molar-refractivity contribution in [2.45, 2.75) is 39.3 Å². The van der Waals surface area contributed by atoms with Crippen LogP contribution in [-0.2, 0) is 9.84 Å². The summed E-state index contributed by atoms with van der Waals surface area (Å²) < 4.78 is 24.3. The van der Waals surface area contributed by atoms with Gasteiger partial charge in [-0.15, -0.1) is 0 Å². The van der Waals surface area contributed by atoms with E-state index >= 15 is 0 Å². The van der Waals surface area contributed by atoms with Crippen LogP contribution < -0.4 is 16.1 Å². The van der Waals surface area contributed by atoms with Gasteiger partial charge in [-0.05, 0) is 25.5 Å². The Morgan fingerprint density at radius 2 is 2.21 bits per heavy atom. The van der Waals surface area contributed by atoms with E-state index in [2.05, 4.69) is 27.6 Å². The highest BCUT2D eigenvalue weighted by atomic mass is 32.2. The van der Waals surface area contributed by atoms with Gasteiger partial charge >= 0.3 is 0 Å². The maximum atomic E-state index is 12.2. The van der Waals surface area contributed by atoms with E-state index in [1.165, 1.54) is 6.26 Å². The second kappa shape index (κ2) is 9.19. The predicted molar refractivity (Wildman–Crippen MR) is 100 cm³/mol. The highest BCUT2D eigenvalue weighted by molar-refractivity contribution is 8.06. The zero-order valence-corrected chi connectivity index (χ0v) is 16.2. The smallest absolute Gasteiger partial charge is 0.194 e. The minimum atomic E-state index is -3.39. The largest absolute Gasteiger partial charge is 0.377 e. The fourth-order valence-electron chi connectivity index (χ4n) is 2.69. The summed E-state index contributed by atoms with van der Waals surface area (Å²) in [6.45, 7) is 11.8. The molecule has 1 heterocycles. The summed E-state index contributed by atoms with van der Waals surface area (Å²) >= 11 is 0. The van der Waals surface area contributed by atoms with Crippen LogP contribution in [0, 0.1) is 0 Å². The van der Waals surface area contributed by atoms with Gasteiger partial charge in [-0.25, -0.2) is 13.8 Å². The molecule has 3 N–H and O–H groups in total. The van der Waals surface area contributed by atoms with Crippen molar-refractivity contribution in [3.05, 3.63) is 24.0 Å². The molecule has 0 saturated carbocycles. The van der Waals surface area contributed by atoms with E-state index in [-0.39, 0.29) is 17.1 Å². The Bertz CT molecular complexity index is 598. The molecule has 0 spiro atoms. The molecule has 0 aromatic carbocycles. The molecule has 0 saturated heterocycles. The second-order valence-corrected chi connectivity index (χ2v) is 7.90. The van der Waals surface area contributed by atoms with Crippen molar-refractivity contribution in [2.75, 3.05) is 32.9 Å². The van der Waals surface area contributed by atoms with Gasteiger partial charge in [-0.1, -0.05) is 20.4 Å². The van der Waals surface area contributed by atoms with Crippen molar-refractivity contribution < 1.29 is 8.42 Å². The Labute approximate surface area is 146 Å². The third-order valence-corrected chi connectivity index (χ3v) is 4.94. The van der Waals surface area contributed by atoms with E-state index in [0.717, 1.165) is 18.7 Å². The quantitative estimate of drug-likeness (QED) is 0.553. The maximum absolute atomic E-state index is 12.2. The molecule has 7 nitrogen and oxygen atoms in total. The molecule has 0 fully saturated rings. The average molecular weight is 358 g/mol. The molecule has 24 heavy (non-hydrogen) atoms. The minimum Gasteiger partial charge on any atom is -0.377 e. The lowest BCUT2D eigenvalue weighted by molar-refractivity contribution is 0.298. The molecule has 0 radical (unpaired) electrons. The van der Waals surface area contributed by atoms with Crippen LogP contribution in [-0.4, -0.2) is 63.5 Å². The number of sulfone groups is 1. The van der Waals surface area contributed by atoms with Crippen LogP contribution in [0.4, 0.5) is 0 Å². The average Bonchev–Trinajstić information content (AvgIpc) is 2.52. The molecule has 1 aliphatic heterocycles. The number of nitrogens with zero attached hydrogens (tertiary/aromatic N) is 2. The topological polar surface area (TPSA) is 85.8 Å². The molecule has 0 amide bonds. The highest BCUT2D eigenvalue weighted by Gasteiger charge is 2.29. The number of rotatable bonds is 8. The van der Waals surface area contributed by atoms with Crippen molar-refractivity contribution in [3.8, 4) is 0 Å². The summed E-state index contributed by atoms with van der Waals surface area (Å²) in [6, 6.07) is 0.0293. The number of hydrazine groups is 1. The molecule has 8 heteroatoms. The van der Waals surface area contributed by atoms with Crippen molar-refractivity contribution in [3.63, 3.8) is 0 Å². The fraction of sp³-hybridized carbons (Fsp3) is 0.688. The third kappa shape index (κ3) is 5.61. The molecular formula is C16H31N5O2S. The van der Waals surface area contributed by atoms with Gasteiger partial charge < -0.3 is 15.6 Å². The number of hydrogen-bond donors (Lipinski definition) is 3. The summed E-state index contributed by atoms with van der Waals surface area (Å²) in [5.41, 5.74) is 4.87. The van der Waals surface area contributed by atoms with E-state index in [1.54, 1.807) is 11.2 Å². The monoisotopic (exact) mass is 357 g/mol. The van der Waals surface area contributed by atoms with E-state index < -0.39 is 9.84 Å². The Morgan fingerprint density at radius 1 is 1.54 bits per heavy atom. The molecule has 0 aromatic rings. The molecule has 2 unspecified atom stereocenters. The van der Waals surface area contributed by atoms with Crippen molar-refractivity contribution in [1.82, 2.24) is 21.1 Å². The van der Waals surface area contributed by atoms with Crippen LogP contribution in [0.5, 0.6) is 0 Å². The van der Waals surface area contributed by atoms with E-state index in [9.17, 15) is 8.42 Å². The minimum absolute atomic E-state index is 0.0506. The highest BCUT2D eigenvalue weighted by Crippen LogP contribution is 2.19. The fourth-order valence-corrected chi connectivity index (χ4v) is 3.56. The number of likely N-dealkylation sites (N-methyl/N-ethyl adjacent to an activating group) is 1. The number of aliphatic imine (C=N–C) groups is 1. The molecular weight excluding hydrogens is 326 g/mol. The predicted octanol–water partition coefficient (Wildman–Crippen LogP) is 0.643. The van der Waals surface area contributed by atoms with Crippen molar-refractivity contribution >= 4 is 14.9 Å². The molecule has 0 aliphatic carbocycles. The van der Waals surface area contributed by atoms with Crippen LogP contribution in [0.2, 0.25) is 0 Å². The Morgan fingerprint density at radius 3 is 2.71 bits per heavy atom. The molecule has 1 rings (SSSR count). The van der Waals surface area contributed by atoms with Gasteiger partial charge in [-0.3, -0.25) is 4.99 Å². The summed E-state index contributed by atoms with van der Waals surface area (Å²) in [6.07, 6.45) is 3.59. The summed E-state index contributed by atoms with van der Waals surface area (Å²) in [5.74, 6) is 0. The first-order valence-corrected chi connectivity index (χ1v) is 10.2. The van der Waals surface area contributed by atoms with E-state index in [0.29, 0.717) is 18.7 Å². The summed E-state index contributed by atoms with van der Waals surface area (Å²) in [7, 11) is -1.54. The van der Waals surface area contributed by atoms with Crippen LogP contribution >= 0.6 is 0 Å². The zero-order chi connectivity index (χ0) is 18.3. The van der Waals surface area contributed by atoms with Crippen LogP contribution in [0.1, 0.15) is 27.2 Å². The normalized spacial score (nSPS) is 21.5. The molecule has 0 bridgehead atoms. The standard InChI is InChI=1S/C16H31N5O2S/c1-7-14(12(4)20-21(5)9-3)15-16(24(6,22)23)18-11-13(19-15)10-17-8-2/h9,12-13,17,19-20H,3,7-8,10-11H2,1-2,4-6H3/b15-14-. The Balaban J connectivity index is 3.23. The maximum Gasteiger partial charge on any atom is 0.194 e. The van der Waals surface area contributed by atoms with Gasteiger partial charge in [0, 0.05) is 32.1 Å². The lowest BCUT2D eigenvalue weighted by Crippen LogP contribution is -2.48. The molecule has 138 valence electrons. The van der Waals surface area contributed by atoms with Gasteiger partial charge in [0.15, 0.2) is 14.9 Å². The van der Waals surface area contributed by atoms with Crippen molar-refractivity contribution in [2.24, 2.45) is 4.99 Å². The van der Waals surface area contributed by atoms with Gasteiger partial charge in [0.2, 0.25) is 0 Å². The van der Waals surface area contributed by atoms with Crippen LogP contribution in [0.3, 0.4) is 0 Å². The SMILES string of the molecule is C=CN(C)NC(C)/C(CC)=C1\NC(CNCC)CN=C1S(C)(=O)=O. The zero-order valence-electron chi connectivity index (χ0n) is 15.4. The molecule has 2 atom stereocenters. The van der Waals surface area contributed by atoms with Crippen LogP contribution in [0.25, 0.3) is 0 Å². The van der Waals surface area contributed by atoms with Crippen molar-refractivity contribution in [1.29, 1.82) is 0 Å². The molecule has 1 aliphatic rings. The lowest BCUT2D eigenvalue weighted by Gasteiger charge is -2.31. The van der Waals surface area contributed by atoms with E-state index in [1.807, 2.05) is 27.8 Å². The van der Waals surface area contributed by atoms with Gasteiger partial charge in [0.05, 0.1) is 18.3 Å². The second-order valence-electron chi connectivity index (χ2n) is 5.97. The lowest BCUT2D eigenvalue weighted by atomic mass is 10.0. The van der Waals surface area contributed by atoms with Crippen LogP contribution in [0.15, 0.2) is 29.0 Å². The third-order valence-electron chi connectivity index (χ3n) is 3.91.